The van der Waals surface area contributed by atoms with Gasteiger partial charge in [0, 0.05) is 36.4 Å². The van der Waals surface area contributed by atoms with Gasteiger partial charge < -0.3 is 25.4 Å². The van der Waals surface area contributed by atoms with E-state index in [1.165, 1.54) is 19.2 Å². The van der Waals surface area contributed by atoms with Crippen LogP contribution in [0.25, 0.3) is 0 Å². The van der Waals surface area contributed by atoms with Gasteiger partial charge in [-0.25, -0.2) is 17.6 Å². The van der Waals surface area contributed by atoms with Gasteiger partial charge in [-0.1, -0.05) is 25.1 Å². The van der Waals surface area contributed by atoms with Crippen molar-refractivity contribution >= 4 is 33.3 Å². The summed E-state index contributed by atoms with van der Waals surface area (Å²) in [6.45, 7) is 3.49. The van der Waals surface area contributed by atoms with Gasteiger partial charge in [0.2, 0.25) is 15.9 Å². The number of carbonyl (C=O) groups is 2. The summed E-state index contributed by atoms with van der Waals surface area (Å²) in [5, 5.41) is 15.4. The van der Waals surface area contributed by atoms with E-state index in [-0.39, 0.29) is 42.8 Å². The number of likely N-dealkylation sites (N-methyl/N-ethyl adjacent to an activating group) is 1. The molecule has 10 nitrogen and oxygen atoms in total. The van der Waals surface area contributed by atoms with Gasteiger partial charge in [0.1, 0.15) is 17.7 Å². The maximum atomic E-state index is 13.4. The number of nitrogens with one attached hydrogen (secondary N) is 2. The monoisotopic (exact) mass is 598 g/mol. The van der Waals surface area contributed by atoms with Crippen LogP contribution in [-0.2, 0) is 21.2 Å². The SMILES string of the molecule is C[C@H]1CN([C@@H](C)CO)C(=O)Cc2cc(NC(=O)Nc3ccccc3)ccc2O[C@H]1CN(C)S(=O)(=O)c1ccc(F)cc1. The number of nitrogens with zero attached hydrogens (tertiary/aromatic N) is 2. The van der Waals surface area contributed by atoms with Gasteiger partial charge in [0.25, 0.3) is 0 Å². The van der Waals surface area contributed by atoms with Gasteiger partial charge in [-0.05, 0) is 61.5 Å². The van der Waals surface area contributed by atoms with Crippen molar-refractivity contribution in [2.24, 2.45) is 5.92 Å². The zero-order chi connectivity index (χ0) is 30.4. The van der Waals surface area contributed by atoms with Crippen LogP contribution in [0.3, 0.4) is 0 Å². The van der Waals surface area contributed by atoms with E-state index in [9.17, 15) is 27.5 Å². The van der Waals surface area contributed by atoms with E-state index in [1.54, 1.807) is 54.3 Å². The molecule has 0 aromatic heterocycles. The van der Waals surface area contributed by atoms with Crippen molar-refractivity contribution in [2.45, 2.75) is 37.3 Å². The van der Waals surface area contributed by atoms with Gasteiger partial charge in [-0.15, -0.1) is 0 Å². The lowest BCUT2D eigenvalue weighted by molar-refractivity contribution is -0.134. The summed E-state index contributed by atoms with van der Waals surface area (Å²) >= 11 is 0. The Morgan fingerprint density at radius 3 is 2.43 bits per heavy atom. The molecule has 1 aliphatic heterocycles. The highest BCUT2D eigenvalue weighted by Crippen LogP contribution is 2.30. The number of urea groups is 1. The van der Waals surface area contributed by atoms with Crippen molar-refractivity contribution in [1.82, 2.24) is 9.21 Å². The third-order valence-electron chi connectivity index (χ3n) is 7.16. The van der Waals surface area contributed by atoms with E-state index in [0.717, 1.165) is 16.4 Å². The molecule has 3 N–H and O–H groups in total. The molecule has 0 saturated carbocycles. The second kappa shape index (κ2) is 13.3. The number of anilines is 2. The Balaban J connectivity index is 1.62. The number of amides is 3. The molecular weight excluding hydrogens is 563 g/mol. The number of rotatable bonds is 8. The number of halogens is 1. The van der Waals surface area contributed by atoms with E-state index in [4.69, 9.17) is 4.74 Å². The van der Waals surface area contributed by atoms with E-state index >= 15 is 0 Å². The summed E-state index contributed by atoms with van der Waals surface area (Å²) in [5.41, 5.74) is 1.54. The molecule has 1 heterocycles. The highest BCUT2D eigenvalue weighted by molar-refractivity contribution is 7.89. The number of benzene rings is 3. The molecule has 0 bridgehead atoms. The minimum absolute atomic E-state index is 0.0569. The minimum atomic E-state index is -3.97. The number of aliphatic hydroxyl groups excluding tert-OH is 1. The first-order chi connectivity index (χ1) is 20.0. The van der Waals surface area contributed by atoms with Crippen molar-refractivity contribution in [3.63, 3.8) is 0 Å². The number of carbonyl (C=O) groups excluding carboxylic acids is 2. The summed E-state index contributed by atoms with van der Waals surface area (Å²) < 4.78 is 47.4. The summed E-state index contributed by atoms with van der Waals surface area (Å²) in [4.78, 5) is 27.5. The molecule has 1 aliphatic rings. The number of aliphatic hydroxyl groups is 1. The van der Waals surface area contributed by atoms with Crippen LogP contribution in [0.2, 0.25) is 0 Å². The molecule has 0 unspecified atom stereocenters. The highest BCUT2D eigenvalue weighted by atomic mass is 32.2. The highest BCUT2D eigenvalue weighted by Gasteiger charge is 2.33. The molecule has 224 valence electrons. The van der Waals surface area contributed by atoms with Crippen LogP contribution in [0.15, 0.2) is 77.7 Å². The third-order valence-corrected chi connectivity index (χ3v) is 9.00. The maximum Gasteiger partial charge on any atom is 0.323 e. The molecule has 0 fully saturated rings. The molecule has 12 heteroatoms. The summed E-state index contributed by atoms with van der Waals surface area (Å²) in [5.74, 6) is -0.753. The largest absolute Gasteiger partial charge is 0.488 e. The number of hydrogen-bond donors (Lipinski definition) is 3. The summed E-state index contributed by atoms with van der Waals surface area (Å²) in [6.07, 6.45) is -0.748. The molecular formula is C30H35FN4O6S. The van der Waals surface area contributed by atoms with Crippen molar-refractivity contribution < 1.29 is 32.2 Å². The van der Waals surface area contributed by atoms with Crippen LogP contribution in [0, 0.1) is 11.7 Å². The molecule has 0 aliphatic carbocycles. The van der Waals surface area contributed by atoms with Crippen LogP contribution < -0.4 is 15.4 Å². The Hall–Kier alpha value is -4.00. The van der Waals surface area contributed by atoms with Crippen molar-refractivity contribution in [1.29, 1.82) is 0 Å². The molecule has 0 saturated heterocycles. The Labute approximate surface area is 245 Å². The third kappa shape index (κ3) is 7.44. The van der Waals surface area contributed by atoms with Gasteiger partial charge in [-0.2, -0.15) is 4.31 Å². The fourth-order valence-corrected chi connectivity index (χ4v) is 5.86. The Bertz CT molecular complexity index is 1500. The Kier molecular flexibility index (Phi) is 9.81. The van der Waals surface area contributed by atoms with Gasteiger partial charge in [-0.3, -0.25) is 4.79 Å². The quantitative estimate of drug-likeness (QED) is 0.361. The lowest BCUT2D eigenvalue weighted by Gasteiger charge is -2.33. The molecule has 3 aromatic carbocycles. The smallest absolute Gasteiger partial charge is 0.323 e. The number of para-hydroxylation sites is 1. The zero-order valence-electron chi connectivity index (χ0n) is 23.7. The van der Waals surface area contributed by atoms with Crippen LogP contribution in [0.5, 0.6) is 5.75 Å². The van der Waals surface area contributed by atoms with Crippen LogP contribution in [0.1, 0.15) is 19.4 Å². The fourth-order valence-electron chi connectivity index (χ4n) is 4.68. The van der Waals surface area contributed by atoms with Crippen molar-refractivity contribution in [3.8, 4) is 5.75 Å². The Morgan fingerprint density at radius 1 is 1.10 bits per heavy atom. The summed E-state index contributed by atoms with van der Waals surface area (Å²) in [6, 6.07) is 17.5. The van der Waals surface area contributed by atoms with E-state index in [1.807, 2.05) is 13.0 Å². The van der Waals surface area contributed by atoms with E-state index in [0.29, 0.717) is 22.7 Å². The van der Waals surface area contributed by atoms with Crippen LogP contribution in [-0.4, -0.2) is 73.6 Å². The predicted octanol–water partition coefficient (Wildman–Crippen LogP) is 3.94. The second-order valence-electron chi connectivity index (χ2n) is 10.4. The molecule has 3 aromatic rings. The van der Waals surface area contributed by atoms with Crippen LogP contribution >= 0.6 is 0 Å². The van der Waals surface area contributed by atoms with E-state index < -0.39 is 34.0 Å². The number of sulfonamides is 1. The second-order valence-corrected chi connectivity index (χ2v) is 12.4. The number of fused-ring (bicyclic) bond motifs is 1. The predicted molar refractivity (Wildman–Crippen MR) is 157 cm³/mol. The van der Waals surface area contributed by atoms with Crippen molar-refractivity contribution in [2.75, 3.05) is 37.4 Å². The lowest BCUT2D eigenvalue weighted by Crippen LogP contribution is -2.48. The molecule has 42 heavy (non-hydrogen) atoms. The molecule has 3 atom stereocenters. The standard InChI is InChI=1S/C30H35FN4O6S/c1-20-17-35(21(2)19-36)29(37)16-22-15-25(33-30(38)32-24-7-5-4-6-8-24)11-14-27(22)41-28(20)18-34(3)42(39,40)26-12-9-23(31)10-13-26/h4-15,20-21,28,36H,16-19H2,1-3H3,(H2,32,33,38)/t20-,21-,28-/m0/s1. The minimum Gasteiger partial charge on any atom is -0.488 e. The first-order valence-electron chi connectivity index (χ1n) is 13.5. The van der Waals surface area contributed by atoms with Gasteiger partial charge in [0.05, 0.1) is 30.5 Å². The number of ether oxygens (including phenoxy) is 1. The van der Waals surface area contributed by atoms with Gasteiger partial charge >= 0.3 is 6.03 Å². The average Bonchev–Trinajstić information content (AvgIpc) is 3.00. The number of hydrogen-bond acceptors (Lipinski definition) is 6. The molecule has 4 rings (SSSR count). The first-order valence-corrected chi connectivity index (χ1v) is 15.0. The zero-order valence-corrected chi connectivity index (χ0v) is 24.5. The van der Waals surface area contributed by atoms with Gasteiger partial charge in [0.15, 0.2) is 0 Å². The molecule has 0 spiro atoms. The molecule has 3 amide bonds. The molecule has 0 radical (unpaired) electrons. The topological polar surface area (TPSA) is 128 Å². The summed E-state index contributed by atoms with van der Waals surface area (Å²) in [7, 11) is -2.55. The average molecular weight is 599 g/mol. The normalized spacial score (nSPS) is 18.2. The first kappa shape index (κ1) is 30.9. The lowest BCUT2D eigenvalue weighted by atomic mass is 10.0. The van der Waals surface area contributed by atoms with Crippen molar-refractivity contribution in [3.05, 3.63) is 84.2 Å². The van der Waals surface area contributed by atoms with E-state index in [2.05, 4.69) is 10.6 Å². The van der Waals surface area contributed by atoms with Crippen LogP contribution in [0.4, 0.5) is 20.6 Å². The fraction of sp³-hybridized carbons (Fsp3) is 0.333. The Morgan fingerprint density at radius 2 is 1.76 bits per heavy atom. The maximum absolute atomic E-state index is 13.4.